The van der Waals surface area contributed by atoms with Crippen molar-refractivity contribution in [2.45, 2.75) is 6.42 Å². The topological polar surface area (TPSA) is 75.3 Å². The van der Waals surface area contributed by atoms with E-state index in [1.165, 1.54) is 6.26 Å². The average Bonchev–Trinajstić information content (AvgIpc) is 2.28. The minimum Gasteiger partial charge on any atom is -0.325 e. The second-order valence-electron chi connectivity index (χ2n) is 4.07. The van der Waals surface area contributed by atoms with Crippen molar-refractivity contribution in [1.82, 2.24) is 5.32 Å². The molecule has 1 amide bonds. The van der Waals surface area contributed by atoms with E-state index in [2.05, 4.69) is 10.6 Å². The van der Waals surface area contributed by atoms with E-state index >= 15 is 0 Å². The summed E-state index contributed by atoms with van der Waals surface area (Å²) in [7, 11) is -2.91. The van der Waals surface area contributed by atoms with Crippen LogP contribution in [-0.4, -0.2) is 39.4 Å². The second kappa shape index (κ2) is 7.13. The molecule has 0 bridgehead atoms. The van der Waals surface area contributed by atoms with E-state index in [0.29, 0.717) is 13.0 Å². The number of sulfone groups is 1. The Kier molecular flexibility index (Phi) is 5.80. The summed E-state index contributed by atoms with van der Waals surface area (Å²) in [5, 5.41) is 5.63. The van der Waals surface area contributed by atoms with Crippen LogP contribution in [0.1, 0.15) is 6.42 Å². The van der Waals surface area contributed by atoms with Crippen LogP contribution >= 0.6 is 0 Å². The van der Waals surface area contributed by atoms with Crippen LogP contribution in [0.4, 0.5) is 5.69 Å². The third-order valence-corrected chi connectivity index (χ3v) is 3.24. The van der Waals surface area contributed by atoms with Gasteiger partial charge in [0.15, 0.2) is 0 Å². The monoisotopic (exact) mass is 270 g/mol. The molecule has 0 saturated heterocycles. The van der Waals surface area contributed by atoms with Crippen molar-refractivity contribution in [2.75, 3.05) is 30.4 Å². The van der Waals surface area contributed by atoms with Gasteiger partial charge in [0, 0.05) is 11.9 Å². The molecule has 1 aromatic rings. The van der Waals surface area contributed by atoms with E-state index in [-0.39, 0.29) is 18.2 Å². The standard InChI is InChI=1S/C12H18N2O3S/c1-18(16,17)9-5-8-13-10-12(15)14-11-6-3-2-4-7-11/h2-4,6-7,13H,5,8-10H2,1H3,(H,14,15). The van der Waals surface area contributed by atoms with E-state index in [1.807, 2.05) is 30.3 Å². The van der Waals surface area contributed by atoms with E-state index in [1.54, 1.807) is 0 Å². The highest BCUT2D eigenvalue weighted by atomic mass is 32.2. The van der Waals surface area contributed by atoms with Crippen molar-refractivity contribution in [1.29, 1.82) is 0 Å². The summed E-state index contributed by atoms with van der Waals surface area (Å²) in [6.45, 7) is 0.688. The van der Waals surface area contributed by atoms with E-state index in [4.69, 9.17) is 0 Å². The number of hydrogen-bond donors (Lipinski definition) is 2. The fourth-order valence-corrected chi connectivity index (χ4v) is 2.06. The van der Waals surface area contributed by atoms with Crippen LogP contribution in [0.5, 0.6) is 0 Å². The first-order valence-electron chi connectivity index (χ1n) is 5.71. The lowest BCUT2D eigenvalue weighted by atomic mass is 10.3. The van der Waals surface area contributed by atoms with Crippen LogP contribution < -0.4 is 10.6 Å². The van der Waals surface area contributed by atoms with Crippen LogP contribution in [-0.2, 0) is 14.6 Å². The molecule has 5 nitrogen and oxygen atoms in total. The highest BCUT2D eigenvalue weighted by Gasteiger charge is 2.03. The molecular weight excluding hydrogens is 252 g/mol. The first-order valence-corrected chi connectivity index (χ1v) is 7.77. The summed E-state index contributed by atoms with van der Waals surface area (Å²) in [6.07, 6.45) is 1.71. The lowest BCUT2D eigenvalue weighted by molar-refractivity contribution is -0.115. The first kappa shape index (κ1) is 14.7. The molecule has 0 atom stereocenters. The molecule has 0 aromatic heterocycles. The van der Waals surface area contributed by atoms with Gasteiger partial charge in [-0.25, -0.2) is 8.42 Å². The van der Waals surface area contributed by atoms with Gasteiger partial charge in [0.05, 0.1) is 12.3 Å². The molecule has 0 aliphatic carbocycles. The summed E-state index contributed by atoms with van der Waals surface area (Å²) < 4.78 is 21.7. The molecular formula is C12H18N2O3S. The smallest absolute Gasteiger partial charge is 0.238 e. The third-order valence-electron chi connectivity index (χ3n) is 2.21. The first-order chi connectivity index (χ1) is 8.47. The maximum Gasteiger partial charge on any atom is 0.238 e. The Morgan fingerprint density at radius 3 is 2.50 bits per heavy atom. The Labute approximate surface area is 108 Å². The van der Waals surface area contributed by atoms with Crippen molar-refractivity contribution in [2.24, 2.45) is 0 Å². The van der Waals surface area contributed by atoms with Gasteiger partial charge >= 0.3 is 0 Å². The van der Waals surface area contributed by atoms with E-state index in [0.717, 1.165) is 5.69 Å². The van der Waals surface area contributed by atoms with Gasteiger partial charge in [-0.15, -0.1) is 0 Å². The largest absolute Gasteiger partial charge is 0.325 e. The summed E-state index contributed by atoms with van der Waals surface area (Å²) in [5.41, 5.74) is 0.750. The molecule has 6 heteroatoms. The normalized spacial score (nSPS) is 11.2. The highest BCUT2D eigenvalue weighted by molar-refractivity contribution is 7.90. The van der Waals surface area contributed by atoms with Gasteiger partial charge < -0.3 is 10.6 Å². The predicted molar refractivity (Wildman–Crippen MR) is 72.3 cm³/mol. The number of carbonyl (C=O) groups is 1. The molecule has 18 heavy (non-hydrogen) atoms. The number of carbonyl (C=O) groups excluding carboxylic acids is 1. The fraction of sp³-hybridized carbons (Fsp3) is 0.417. The summed E-state index contributed by atoms with van der Waals surface area (Å²) in [6, 6.07) is 9.17. The molecule has 0 saturated carbocycles. The van der Waals surface area contributed by atoms with Gasteiger partial charge in [0.1, 0.15) is 9.84 Å². The molecule has 0 spiro atoms. The number of anilines is 1. The maximum absolute atomic E-state index is 11.5. The number of nitrogens with one attached hydrogen (secondary N) is 2. The highest BCUT2D eigenvalue weighted by Crippen LogP contribution is 2.03. The van der Waals surface area contributed by atoms with Crippen molar-refractivity contribution in [3.8, 4) is 0 Å². The molecule has 0 radical (unpaired) electrons. The second-order valence-corrected chi connectivity index (χ2v) is 6.33. The Balaban J connectivity index is 2.15. The van der Waals surface area contributed by atoms with Gasteiger partial charge in [0.25, 0.3) is 0 Å². The summed E-state index contributed by atoms with van der Waals surface area (Å²) in [4.78, 5) is 11.5. The molecule has 0 heterocycles. The number of benzene rings is 1. The van der Waals surface area contributed by atoms with Crippen molar-refractivity contribution in [3.63, 3.8) is 0 Å². The van der Waals surface area contributed by atoms with Crippen molar-refractivity contribution >= 4 is 21.4 Å². The molecule has 0 aliphatic rings. The Morgan fingerprint density at radius 2 is 1.89 bits per heavy atom. The minimum absolute atomic E-state index is 0.138. The molecule has 2 N–H and O–H groups in total. The molecule has 0 unspecified atom stereocenters. The SMILES string of the molecule is CS(=O)(=O)CCCNCC(=O)Nc1ccccc1. The molecule has 1 aromatic carbocycles. The molecule has 100 valence electrons. The molecule has 0 fully saturated rings. The summed E-state index contributed by atoms with van der Waals surface area (Å²) >= 11 is 0. The van der Waals surface area contributed by atoms with Gasteiger partial charge in [0.2, 0.25) is 5.91 Å². The Bertz CT molecular complexity index is 471. The zero-order valence-electron chi connectivity index (χ0n) is 10.3. The number of amides is 1. The van der Waals surface area contributed by atoms with E-state index < -0.39 is 9.84 Å². The van der Waals surface area contributed by atoms with Crippen LogP contribution in [0.15, 0.2) is 30.3 Å². The number of para-hydroxylation sites is 1. The molecule has 1 rings (SSSR count). The van der Waals surface area contributed by atoms with Gasteiger partial charge in [-0.3, -0.25) is 4.79 Å². The average molecular weight is 270 g/mol. The van der Waals surface area contributed by atoms with E-state index in [9.17, 15) is 13.2 Å². The maximum atomic E-state index is 11.5. The van der Waals surface area contributed by atoms with Gasteiger partial charge in [-0.2, -0.15) is 0 Å². The fourth-order valence-electron chi connectivity index (χ4n) is 1.39. The minimum atomic E-state index is -2.91. The van der Waals surface area contributed by atoms with Gasteiger partial charge in [-0.05, 0) is 25.1 Å². The third kappa shape index (κ3) is 7.03. The van der Waals surface area contributed by atoms with Crippen LogP contribution in [0, 0.1) is 0 Å². The Hall–Kier alpha value is -1.40. The zero-order valence-corrected chi connectivity index (χ0v) is 11.2. The zero-order chi connectivity index (χ0) is 13.4. The van der Waals surface area contributed by atoms with Gasteiger partial charge in [-0.1, -0.05) is 18.2 Å². The quantitative estimate of drug-likeness (QED) is 0.713. The predicted octanol–water partition coefficient (Wildman–Crippen LogP) is 0.649. The lowest BCUT2D eigenvalue weighted by Crippen LogP contribution is -2.29. The van der Waals surface area contributed by atoms with Crippen LogP contribution in [0.25, 0.3) is 0 Å². The van der Waals surface area contributed by atoms with Crippen LogP contribution in [0.3, 0.4) is 0 Å². The number of hydrogen-bond acceptors (Lipinski definition) is 4. The van der Waals surface area contributed by atoms with Crippen molar-refractivity contribution < 1.29 is 13.2 Å². The Morgan fingerprint density at radius 1 is 1.22 bits per heavy atom. The lowest BCUT2D eigenvalue weighted by Gasteiger charge is -2.06. The van der Waals surface area contributed by atoms with Crippen LogP contribution in [0.2, 0.25) is 0 Å². The number of rotatable bonds is 7. The summed E-state index contributed by atoms with van der Waals surface area (Å²) in [5.74, 6) is 0.000816. The molecule has 0 aliphatic heterocycles. The van der Waals surface area contributed by atoms with Crippen molar-refractivity contribution in [3.05, 3.63) is 30.3 Å².